The normalized spacial score (nSPS) is 16.3. The molecule has 0 aliphatic carbocycles. The molecule has 43 heavy (non-hydrogen) atoms. The van der Waals surface area contributed by atoms with Crippen LogP contribution in [-0.4, -0.2) is 46.0 Å². The summed E-state index contributed by atoms with van der Waals surface area (Å²) in [4.78, 5) is 18.6. The molecule has 0 amide bonds. The van der Waals surface area contributed by atoms with Crippen LogP contribution in [0, 0.1) is 6.92 Å². The summed E-state index contributed by atoms with van der Waals surface area (Å²) in [5.41, 5.74) is 7.14. The molecule has 0 bridgehead atoms. The van der Waals surface area contributed by atoms with Crippen LogP contribution in [0.1, 0.15) is 63.0 Å². The smallest absolute Gasteiger partial charge is 0.339 e. The maximum absolute atomic E-state index is 13.4. The van der Waals surface area contributed by atoms with Crippen molar-refractivity contribution in [1.82, 2.24) is 20.1 Å². The maximum atomic E-state index is 13.4. The summed E-state index contributed by atoms with van der Waals surface area (Å²) >= 11 is 7.93. The number of ether oxygens (including phenoxy) is 2. The van der Waals surface area contributed by atoms with Crippen LogP contribution < -0.4 is 5.32 Å². The summed E-state index contributed by atoms with van der Waals surface area (Å²) in [6, 6.07) is 16.3. The second-order valence-corrected chi connectivity index (χ2v) is 13.6. The van der Waals surface area contributed by atoms with E-state index in [0.29, 0.717) is 10.9 Å². The lowest BCUT2D eigenvalue weighted by atomic mass is 9.91. The number of thiazole rings is 1. The number of nitrogens with zero attached hydrogens (tertiary/aromatic N) is 3. The number of aryl methyl sites for hydroxylation is 2. The minimum Gasteiger partial charge on any atom is -0.464 e. The fourth-order valence-electron chi connectivity index (χ4n) is 5.99. The molecule has 1 unspecified atom stereocenters. The van der Waals surface area contributed by atoms with Gasteiger partial charge in [0.25, 0.3) is 0 Å². The molecule has 1 saturated heterocycles. The lowest BCUT2D eigenvalue weighted by Gasteiger charge is -2.29. The topological polar surface area (TPSA) is 78.3 Å². The third-order valence-corrected chi connectivity index (χ3v) is 9.26. The van der Waals surface area contributed by atoms with Crippen LogP contribution in [0.5, 0.6) is 0 Å². The molecule has 9 heteroatoms. The number of rotatable bonds is 7. The van der Waals surface area contributed by atoms with Gasteiger partial charge in [0.15, 0.2) is 6.10 Å². The van der Waals surface area contributed by atoms with Gasteiger partial charge in [0.05, 0.1) is 33.6 Å². The number of benzene rings is 3. The molecular weight excluding hydrogens is 580 g/mol. The molecule has 7 nitrogen and oxygen atoms in total. The monoisotopic (exact) mass is 616 g/mol. The standard InChI is InChI=1S/C34H37ClN4O3S/c1-7-41-33(40)30(42-34(3,4)5)27-19(2)16-25-31(28(27)20-8-11-23(35)12-9-20)43-32(37-25)21-10-13-26-24(17-21)29(38-39(26)6)22-14-15-36-18-22/h8-13,16-17,22,30,36H,7,14-15,18H2,1-6H3/t22?,30-/m0/s1. The predicted molar refractivity (Wildman–Crippen MR) is 175 cm³/mol. The summed E-state index contributed by atoms with van der Waals surface area (Å²) in [7, 11) is 2.01. The molecule has 1 fully saturated rings. The number of fused-ring (bicyclic) bond motifs is 2. The van der Waals surface area contributed by atoms with Crippen molar-refractivity contribution < 1.29 is 14.3 Å². The Morgan fingerprint density at radius 1 is 1.16 bits per heavy atom. The highest BCUT2D eigenvalue weighted by atomic mass is 35.5. The van der Waals surface area contributed by atoms with Gasteiger partial charge in [-0.05, 0) is 95.1 Å². The minimum absolute atomic E-state index is 0.265. The lowest BCUT2D eigenvalue weighted by Crippen LogP contribution is -2.29. The molecule has 1 N–H and O–H groups in total. The van der Waals surface area contributed by atoms with Crippen molar-refractivity contribution in [2.45, 2.75) is 58.7 Å². The molecule has 0 saturated carbocycles. The van der Waals surface area contributed by atoms with Crippen molar-refractivity contribution in [2.75, 3.05) is 19.7 Å². The third-order valence-electron chi connectivity index (χ3n) is 7.87. The molecule has 0 radical (unpaired) electrons. The number of hydrogen-bond donors (Lipinski definition) is 1. The van der Waals surface area contributed by atoms with E-state index in [4.69, 9.17) is 31.2 Å². The third kappa shape index (κ3) is 5.81. The quantitative estimate of drug-likeness (QED) is 0.187. The van der Waals surface area contributed by atoms with E-state index in [1.165, 1.54) is 5.39 Å². The molecule has 5 aromatic rings. The Morgan fingerprint density at radius 2 is 1.91 bits per heavy atom. The molecule has 1 aliphatic heterocycles. The van der Waals surface area contributed by atoms with E-state index < -0.39 is 17.7 Å². The van der Waals surface area contributed by atoms with E-state index in [-0.39, 0.29) is 6.61 Å². The minimum atomic E-state index is -0.907. The van der Waals surface area contributed by atoms with Crippen LogP contribution in [-0.2, 0) is 21.3 Å². The maximum Gasteiger partial charge on any atom is 0.339 e. The Labute approximate surface area is 261 Å². The SMILES string of the molecule is CCOC(=O)[C@@H](OC(C)(C)C)c1c(C)cc2nc(-c3ccc4c(c3)c(C3CCNC3)nn4C)sc2c1-c1ccc(Cl)cc1. The Balaban J connectivity index is 1.57. The fourth-order valence-corrected chi connectivity index (χ4v) is 7.23. The Morgan fingerprint density at radius 3 is 2.58 bits per heavy atom. The van der Waals surface area contributed by atoms with Gasteiger partial charge in [-0.15, -0.1) is 11.3 Å². The highest BCUT2D eigenvalue weighted by molar-refractivity contribution is 7.22. The Bertz CT molecular complexity index is 1810. The molecule has 1 aliphatic rings. The van der Waals surface area contributed by atoms with E-state index >= 15 is 0 Å². The van der Waals surface area contributed by atoms with Gasteiger partial charge < -0.3 is 14.8 Å². The number of nitrogens with one attached hydrogen (secondary N) is 1. The highest BCUT2D eigenvalue weighted by Gasteiger charge is 2.33. The molecular formula is C34H37ClN4O3S. The first-order valence-corrected chi connectivity index (χ1v) is 16.0. The van der Waals surface area contributed by atoms with Gasteiger partial charge in [-0.2, -0.15) is 5.10 Å². The molecule has 224 valence electrons. The van der Waals surface area contributed by atoms with Crippen molar-refractivity contribution in [1.29, 1.82) is 0 Å². The van der Waals surface area contributed by atoms with Gasteiger partial charge in [-0.3, -0.25) is 4.68 Å². The number of aromatic nitrogens is 3. The summed E-state index contributed by atoms with van der Waals surface area (Å²) in [5.74, 6) is -0.00514. The number of hydrogen-bond acceptors (Lipinski definition) is 7. The van der Waals surface area contributed by atoms with Crippen molar-refractivity contribution in [3.63, 3.8) is 0 Å². The lowest BCUT2D eigenvalue weighted by molar-refractivity contribution is -0.166. The van der Waals surface area contributed by atoms with Gasteiger partial charge in [0.2, 0.25) is 0 Å². The largest absolute Gasteiger partial charge is 0.464 e. The van der Waals surface area contributed by atoms with E-state index in [1.807, 2.05) is 70.6 Å². The number of esters is 1. The van der Waals surface area contributed by atoms with E-state index in [0.717, 1.165) is 73.8 Å². The van der Waals surface area contributed by atoms with Gasteiger partial charge in [-0.25, -0.2) is 9.78 Å². The molecule has 2 aromatic heterocycles. The van der Waals surface area contributed by atoms with Crippen LogP contribution in [0.3, 0.4) is 0 Å². The number of halogens is 1. The van der Waals surface area contributed by atoms with Crippen molar-refractivity contribution >= 4 is 50.0 Å². The number of carbonyl (C=O) groups is 1. The van der Waals surface area contributed by atoms with Crippen molar-refractivity contribution in [3.8, 4) is 21.7 Å². The van der Waals surface area contributed by atoms with Gasteiger partial charge >= 0.3 is 5.97 Å². The van der Waals surface area contributed by atoms with E-state index in [2.05, 4.69) is 29.6 Å². The van der Waals surface area contributed by atoms with Gasteiger partial charge in [0.1, 0.15) is 5.01 Å². The fraction of sp³-hybridized carbons (Fsp3) is 0.382. The van der Waals surface area contributed by atoms with Crippen LogP contribution in [0.2, 0.25) is 5.02 Å². The Hall–Kier alpha value is -3.30. The van der Waals surface area contributed by atoms with Crippen molar-refractivity contribution in [2.24, 2.45) is 7.05 Å². The van der Waals surface area contributed by atoms with Crippen molar-refractivity contribution in [3.05, 3.63) is 70.4 Å². The summed E-state index contributed by atoms with van der Waals surface area (Å²) in [5, 5.41) is 11.1. The average Bonchev–Trinajstić information content (AvgIpc) is 3.70. The van der Waals surface area contributed by atoms with Crippen LogP contribution in [0.15, 0.2) is 48.5 Å². The molecule has 3 heterocycles. The first-order valence-electron chi connectivity index (χ1n) is 14.8. The van der Waals surface area contributed by atoms with Gasteiger partial charge in [-0.1, -0.05) is 23.7 Å². The van der Waals surface area contributed by atoms with E-state index in [1.54, 1.807) is 11.3 Å². The zero-order chi connectivity index (χ0) is 30.5. The molecule has 3 aromatic carbocycles. The summed E-state index contributed by atoms with van der Waals surface area (Å²) in [6.07, 6.45) is 0.178. The van der Waals surface area contributed by atoms with Gasteiger partial charge in [0, 0.05) is 46.6 Å². The predicted octanol–water partition coefficient (Wildman–Crippen LogP) is 7.98. The second kappa shape index (κ2) is 11.7. The average molecular weight is 617 g/mol. The first kappa shape index (κ1) is 29.8. The molecule has 6 rings (SSSR count). The molecule has 2 atom stereocenters. The van der Waals surface area contributed by atoms with Crippen LogP contribution >= 0.6 is 22.9 Å². The number of carbonyl (C=O) groups excluding carboxylic acids is 1. The van der Waals surface area contributed by atoms with Crippen LogP contribution in [0.25, 0.3) is 42.8 Å². The summed E-state index contributed by atoms with van der Waals surface area (Å²) < 4.78 is 14.9. The second-order valence-electron chi connectivity index (χ2n) is 12.1. The first-order chi connectivity index (χ1) is 20.5. The highest BCUT2D eigenvalue weighted by Crippen LogP contribution is 2.45. The Kier molecular flexibility index (Phi) is 8.07. The summed E-state index contributed by atoms with van der Waals surface area (Å²) in [6.45, 7) is 11.9. The zero-order valence-corrected chi connectivity index (χ0v) is 27.0. The zero-order valence-electron chi connectivity index (χ0n) is 25.5. The van der Waals surface area contributed by atoms with Crippen LogP contribution in [0.4, 0.5) is 0 Å². The van der Waals surface area contributed by atoms with E-state index in [9.17, 15) is 4.79 Å². The molecule has 0 spiro atoms.